The van der Waals surface area contributed by atoms with Crippen LogP contribution in [0.1, 0.15) is 55.8 Å². The summed E-state index contributed by atoms with van der Waals surface area (Å²) in [6.07, 6.45) is 7.16. The van der Waals surface area contributed by atoms with Gasteiger partial charge >= 0.3 is 11.8 Å². The zero-order chi connectivity index (χ0) is 25.1. The van der Waals surface area contributed by atoms with Crippen molar-refractivity contribution in [2.75, 3.05) is 0 Å². The molecule has 36 heavy (non-hydrogen) atoms. The second-order valence-electron chi connectivity index (χ2n) is 10.3. The smallest absolute Gasteiger partial charge is 0.309 e. The number of imidazole rings is 1. The van der Waals surface area contributed by atoms with Gasteiger partial charge in [-0.2, -0.15) is 5.10 Å². The lowest BCUT2D eigenvalue weighted by Gasteiger charge is -2.17. The SMILES string of the molecule is Cn1cc(-c2nc3c(-c4ccc(C5(NC(=O)c6nnc(C(C)(C)C)o6)CC5)cc4)ccnc3[nH]2)cn1. The van der Waals surface area contributed by atoms with Crippen LogP contribution in [0.5, 0.6) is 0 Å². The molecule has 1 aromatic carbocycles. The highest BCUT2D eigenvalue weighted by Crippen LogP contribution is 2.46. The summed E-state index contributed by atoms with van der Waals surface area (Å²) in [6, 6.07) is 10.2. The molecule has 0 spiro atoms. The Hall–Kier alpha value is -4.34. The molecule has 0 saturated heterocycles. The zero-order valence-electron chi connectivity index (χ0n) is 20.5. The molecule has 4 aromatic heterocycles. The summed E-state index contributed by atoms with van der Waals surface area (Å²) in [7, 11) is 1.87. The lowest BCUT2D eigenvalue weighted by Crippen LogP contribution is -2.35. The fourth-order valence-electron chi connectivity index (χ4n) is 4.29. The number of aromatic nitrogens is 7. The molecule has 1 aliphatic carbocycles. The summed E-state index contributed by atoms with van der Waals surface area (Å²) < 4.78 is 7.36. The van der Waals surface area contributed by atoms with Gasteiger partial charge in [-0.25, -0.2) is 9.97 Å². The molecule has 5 aromatic rings. The van der Waals surface area contributed by atoms with E-state index in [4.69, 9.17) is 9.40 Å². The Bertz CT molecular complexity index is 1580. The highest BCUT2D eigenvalue weighted by molar-refractivity contribution is 5.92. The highest BCUT2D eigenvalue weighted by Gasteiger charge is 2.46. The molecule has 1 amide bonds. The molecule has 1 aliphatic rings. The van der Waals surface area contributed by atoms with Gasteiger partial charge in [-0.3, -0.25) is 9.48 Å². The van der Waals surface area contributed by atoms with Crippen LogP contribution in [0.3, 0.4) is 0 Å². The third-order valence-corrected chi connectivity index (χ3v) is 6.48. The predicted molar refractivity (Wildman–Crippen MR) is 133 cm³/mol. The van der Waals surface area contributed by atoms with Gasteiger partial charge in [-0.15, -0.1) is 10.2 Å². The van der Waals surface area contributed by atoms with Gasteiger partial charge in [0.1, 0.15) is 11.3 Å². The quantitative estimate of drug-likeness (QED) is 0.386. The molecule has 6 rings (SSSR count). The van der Waals surface area contributed by atoms with E-state index in [1.165, 1.54) is 0 Å². The molecule has 0 bridgehead atoms. The van der Waals surface area contributed by atoms with Crippen molar-refractivity contribution in [1.29, 1.82) is 0 Å². The Morgan fingerprint density at radius 3 is 2.53 bits per heavy atom. The summed E-state index contributed by atoms with van der Waals surface area (Å²) in [6.45, 7) is 5.89. The third-order valence-electron chi connectivity index (χ3n) is 6.48. The number of benzene rings is 1. The van der Waals surface area contributed by atoms with Crippen LogP contribution in [0.2, 0.25) is 0 Å². The van der Waals surface area contributed by atoms with E-state index in [1.807, 2.05) is 40.1 Å². The van der Waals surface area contributed by atoms with Gasteiger partial charge in [0.25, 0.3) is 0 Å². The maximum Gasteiger partial charge on any atom is 0.309 e. The predicted octanol–water partition coefficient (Wildman–Crippen LogP) is 4.13. The summed E-state index contributed by atoms with van der Waals surface area (Å²) in [5.41, 5.74) is 4.72. The van der Waals surface area contributed by atoms with Crippen molar-refractivity contribution in [3.63, 3.8) is 0 Å². The minimum Gasteiger partial charge on any atom is -0.416 e. The van der Waals surface area contributed by atoms with E-state index in [9.17, 15) is 4.79 Å². The van der Waals surface area contributed by atoms with Crippen LogP contribution in [0.25, 0.3) is 33.7 Å². The van der Waals surface area contributed by atoms with Crippen LogP contribution in [-0.2, 0) is 18.0 Å². The number of nitrogens with zero attached hydrogens (tertiary/aromatic N) is 6. The Balaban J connectivity index is 1.25. The number of pyridine rings is 1. The Morgan fingerprint density at radius 1 is 1.11 bits per heavy atom. The van der Waals surface area contributed by atoms with E-state index in [2.05, 4.69) is 54.8 Å². The molecule has 0 aliphatic heterocycles. The van der Waals surface area contributed by atoms with Gasteiger partial charge in [0.15, 0.2) is 5.65 Å². The molecule has 4 heterocycles. The molecule has 0 atom stereocenters. The van der Waals surface area contributed by atoms with Crippen molar-refractivity contribution in [1.82, 2.24) is 40.2 Å². The second kappa shape index (κ2) is 7.84. The van der Waals surface area contributed by atoms with E-state index >= 15 is 0 Å². The fraction of sp³-hybridized carbons (Fsp3) is 0.308. The molecule has 0 radical (unpaired) electrons. The Labute approximate surface area is 207 Å². The first-order valence-corrected chi connectivity index (χ1v) is 11.8. The first-order valence-electron chi connectivity index (χ1n) is 11.8. The number of hydrogen-bond acceptors (Lipinski definition) is 7. The molecule has 182 valence electrons. The zero-order valence-corrected chi connectivity index (χ0v) is 20.5. The molecule has 10 nitrogen and oxygen atoms in total. The van der Waals surface area contributed by atoms with Crippen molar-refractivity contribution in [2.24, 2.45) is 7.05 Å². The molecular formula is C26H26N8O2. The van der Waals surface area contributed by atoms with E-state index < -0.39 is 5.54 Å². The molecular weight excluding hydrogens is 456 g/mol. The van der Waals surface area contributed by atoms with Gasteiger partial charge in [0.2, 0.25) is 5.89 Å². The summed E-state index contributed by atoms with van der Waals surface area (Å²) in [4.78, 5) is 25.4. The van der Waals surface area contributed by atoms with Crippen molar-refractivity contribution in [2.45, 2.75) is 44.6 Å². The average molecular weight is 483 g/mol. The summed E-state index contributed by atoms with van der Waals surface area (Å²) >= 11 is 0. The maximum atomic E-state index is 12.8. The van der Waals surface area contributed by atoms with Gasteiger partial charge in [0.05, 0.1) is 17.3 Å². The third kappa shape index (κ3) is 3.84. The number of carbonyl (C=O) groups is 1. The van der Waals surface area contributed by atoms with Crippen molar-refractivity contribution in [3.8, 4) is 22.5 Å². The number of carbonyl (C=O) groups excluding carboxylic acids is 1. The summed E-state index contributed by atoms with van der Waals surface area (Å²) in [5, 5.41) is 15.3. The molecule has 10 heteroatoms. The van der Waals surface area contributed by atoms with E-state index in [0.29, 0.717) is 5.89 Å². The minimum absolute atomic E-state index is 0.00931. The minimum atomic E-state index is -0.417. The van der Waals surface area contributed by atoms with Crippen molar-refractivity contribution >= 4 is 17.1 Å². The van der Waals surface area contributed by atoms with Crippen LogP contribution >= 0.6 is 0 Å². The van der Waals surface area contributed by atoms with Crippen molar-refractivity contribution in [3.05, 3.63) is 66.3 Å². The van der Waals surface area contributed by atoms with Gasteiger partial charge in [-0.1, -0.05) is 45.0 Å². The topological polar surface area (TPSA) is 127 Å². The normalized spacial score (nSPS) is 14.8. The second-order valence-corrected chi connectivity index (χ2v) is 10.3. The Kier molecular flexibility index (Phi) is 4.82. The van der Waals surface area contributed by atoms with E-state index in [-0.39, 0.29) is 17.2 Å². The van der Waals surface area contributed by atoms with E-state index in [0.717, 1.165) is 52.1 Å². The van der Waals surface area contributed by atoms with Crippen LogP contribution in [-0.4, -0.2) is 40.8 Å². The standard InChI is InChI=1S/C26H26N8O2/c1-25(2,3)24-33-32-23(36-24)22(35)31-26(10-11-26)17-7-5-15(6-8-17)18-9-12-27-21-19(18)29-20(30-21)16-13-28-34(4)14-16/h5-9,12-14H,10-11H2,1-4H3,(H,31,35)(H,27,29,30). The number of fused-ring (bicyclic) bond motifs is 1. The average Bonchev–Trinajstić information content (AvgIpc) is 3.25. The number of rotatable bonds is 5. The van der Waals surface area contributed by atoms with Crippen LogP contribution < -0.4 is 5.32 Å². The maximum absolute atomic E-state index is 12.8. The lowest BCUT2D eigenvalue weighted by molar-refractivity contribution is 0.0892. The summed E-state index contributed by atoms with van der Waals surface area (Å²) in [5.74, 6) is 0.806. The van der Waals surface area contributed by atoms with Gasteiger partial charge in [-0.05, 0) is 30.0 Å². The number of aromatic amines is 1. The molecule has 0 unspecified atom stereocenters. The van der Waals surface area contributed by atoms with Crippen molar-refractivity contribution < 1.29 is 9.21 Å². The first kappa shape index (κ1) is 22.1. The largest absolute Gasteiger partial charge is 0.416 e. The van der Waals surface area contributed by atoms with Crippen LogP contribution in [0.15, 0.2) is 53.3 Å². The van der Waals surface area contributed by atoms with Gasteiger partial charge < -0.3 is 14.7 Å². The molecule has 2 N–H and O–H groups in total. The van der Waals surface area contributed by atoms with E-state index in [1.54, 1.807) is 17.1 Å². The highest BCUT2D eigenvalue weighted by atomic mass is 16.4. The fourth-order valence-corrected chi connectivity index (χ4v) is 4.29. The monoisotopic (exact) mass is 482 g/mol. The lowest BCUT2D eigenvalue weighted by atomic mass is 9.97. The number of H-pyrrole nitrogens is 1. The van der Waals surface area contributed by atoms with Crippen LogP contribution in [0.4, 0.5) is 0 Å². The number of amides is 1. The molecule has 1 fully saturated rings. The molecule has 1 saturated carbocycles. The number of nitrogens with one attached hydrogen (secondary N) is 2. The Morgan fingerprint density at radius 2 is 1.89 bits per heavy atom. The number of aryl methyl sites for hydroxylation is 1. The van der Waals surface area contributed by atoms with Gasteiger partial charge in [0, 0.05) is 30.4 Å². The first-order chi connectivity index (χ1) is 17.2. The van der Waals surface area contributed by atoms with Crippen LogP contribution in [0, 0.1) is 0 Å². The number of hydrogen-bond donors (Lipinski definition) is 2.